The van der Waals surface area contributed by atoms with E-state index in [0.717, 1.165) is 10.9 Å². The van der Waals surface area contributed by atoms with Gasteiger partial charge in [0.2, 0.25) is 0 Å². The molecule has 0 aliphatic rings. The molecular formula is C11H11IN2O. The van der Waals surface area contributed by atoms with Crippen LogP contribution in [0.5, 0.6) is 5.75 Å². The van der Waals surface area contributed by atoms with Crippen molar-refractivity contribution in [1.29, 1.82) is 0 Å². The summed E-state index contributed by atoms with van der Waals surface area (Å²) in [6.07, 6.45) is 1.68. The number of phenolic OH excluding ortho intramolecular Hbond substituents is 1. The molecule has 0 amide bonds. The van der Waals surface area contributed by atoms with Crippen LogP contribution in [0, 0.1) is 0 Å². The number of nitrogens with zero attached hydrogens (tertiary/aromatic N) is 1. The highest BCUT2D eigenvalue weighted by atomic mass is 127. The number of alkyl halides is 1. The molecule has 15 heavy (non-hydrogen) atoms. The normalized spacial score (nSPS) is 12.9. The number of hydrogen-bond donors (Lipinski definition) is 2. The van der Waals surface area contributed by atoms with Crippen LogP contribution < -0.4 is 5.32 Å². The Morgan fingerprint density at radius 1 is 1.47 bits per heavy atom. The first-order valence-electron chi connectivity index (χ1n) is 4.61. The number of phenols is 1. The molecule has 0 bridgehead atoms. The van der Waals surface area contributed by atoms with Gasteiger partial charge in [0.25, 0.3) is 0 Å². The van der Waals surface area contributed by atoms with Crippen molar-refractivity contribution in [2.45, 2.75) is 4.05 Å². The molecule has 2 aromatic rings. The van der Waals surface area contributed by atoms with Gasteiger partial charge < -0.3 is 10.4 Å². The van der Waals surface area contributed by atoms with E-state index in [-0.39, 0.29) is 9.80 Å². The van der Waals surface area contributed by atoms with Gasteiger partial charge in [0, 0.05) is 11.6 Å². The van der Waals surface area contributed by atoms with E-state index in [9.17, 15) is 5.11 Å². The van der Waals surface area contributed by atoms with E-state index < -0.39 is 0 Å². The Labute approximate surface area is 102 Å². The summed E-state index contributed by atoms with van der Waals surface area (Å²) in [5.41, 5.74) is 1.71. The first-order valence-corrected chi connectivity index (χ1v) is 5.86. The molecule has 0 saturated carbocycles. The predicted octanol–water partition coefficient (Wildman–Crippen LogP) is 2.59. The van der Waals surface area contributed by atoms with Gasteiger partial charge in [-0.15, -0.1) is 0 Å². The van der Waals surface area contributed by atoms with Crippen LogP contribution in [-0.4, -0.2) is 17.1 Å². The fourth-order valence-electron chi connectivity index (χ4n) is 1.51. The molecule has 0 aliphatic carbocycles. The smallest absolute Gasteiger partial charge is 0.142 e. The van der Waals surface area contributed by atoms with E-state index in [1.807, 2.05) is 25.2 Å². The maximum absolute atomic E-state index is 9.80. The molecule has 0 aliphatic heterocycles. The number of aromatic hydroxyl groups is 1. The molecule has 1 atom stereocenters. The summed E-state index contributed by atoms with van der Waals surface area (Å²) < 4.78 is 0.193. The lowest BCUT2D eigenvalue weighted by atomic mass is 10.1. The molecule has 2 N–H and O–H groups in total. The lowest BCUT2D eigenvalue weighted by Crippen LogP contribution is -2.09. The molecule has 4 heteroatoms. The van der Waals surface area contributed by atoms with Crippen molar-refractivity contribution in [3.05, 3.63) is 36.0 Å². The molecule has 0 radical (unpaired) electrons. The Hall–Kier alpha value is -0.880. The van der Waals surface area contributed by atoms with E-state index in [1.54, 1.807) is 12.3 Å². The summed E-state index contributed by atoms with van der Waals surface area (Å²) in [7, 11) is 1.89. The van der Waals surface area contributed by atoms with Gasteiger partial charge in [-0.3, -0.25) is 4.98 Å². The fraction of sp³-hybridized carbons (Fsp3) is 0.182. The monoisotopic (exact) mass is 314 g/mol. The largest absolute Gasteiger partial charge is 0.506 e. The van der Waals surface area contributed by atoms with Crippen LogP contribution in [0.3, 0.4) is 0 Å². The third-order valence-electron chi connectivity index (χ3n) is 2.25. The van der Waals surface area contributed by atoms with Gasteiger partial charge >= 0.3 is 0 Å². The lowest BCUT2D eigenvalue weighted by molar-refractivity contribution is 0.479. The number of fused-ring (bicyclic) bond motifs is 1. The van der Waals surface area contributed by atoms with E-state index in [2.05, 4.69) is 32.9 Å². The summed E-state index contributed by atoms with van der Waals surface area (Å²) in [5.74, 6) is 0.236. The van der Waals surface area contributed by atoms with Crippen LogP contribution >= 0.6 is 22.6 Å². The van der Waals surface area contributed by atoms with Gasteiger partial charge in [0.1, 0.15) is 11.3 Å². The maximum Gasteiger partial charge on any atom is 0.142 e. The molecule has 0 spiro atoms. The topological polar surface area (TPSA) is 45.1 Å². The van der Waals surface area contributed by atoms with Crippen molar-refractivity contribution in [2.24, 2.45) is 0 Å². The van der Waals surface area contributed by atoms with Crippen LogP contribution in [0.25, 0.3) is 10.9 Å². The van der Waals surface area contributed by atoms with Gasteiger partial charge in [-0.25, -0.2) is 0 Å². The SMILES string of the molecule is CNC(I)c1cc(O)c2ncccc2c1. The van der Waals surface area contributed by atoms with Crippen molar-refractivity contribution < 1.29 is 5.11 Å². The van der Waals surface area contributed by atoms with E-state index in [1.165, 1.54) is 0 Å². The van der Waals surface area contributed by atoms with Gasteiger partial charge in [0.15, 0.2) is 0 Å². The second kappa shape index (κ2) is 4.32. The van der Waals surface area contributed by atoms with E-state index in [4.69, 9.17) is 0 Å². The van der Waals surface area contributed by atoms with Crippen LogP contribution in [0.2, 0.25) is 0 Å². The van der Waals surface area contributed by atoms with Crippen LogP contribution in [0.15, 0.2) is 30.5 Å². The van der Waals surface area contributed by atoms with Crippen LogP contribution in [0.1, 0.15) is 9.61 Å². The summed E-state index contributed by atoms with van der Waals surface area (Å²) in [6.45, 7) is 0. The Morgan fingerprint density at radius 3 is 3.00 bits per heavy atom. The number of rotatable bonds is 2. The minimum atomic E-state index is 0.193. The Morgan fingerprint density at radius 2 is 2.27 bits per heavy atom. The van der Waals surface area contributed by atoms with Gasteiger partial charge in [-0.1, -0.05) is 28.7 Å². The van der Waals surface area contributed by atoms with Crippen LogP contribution in [-0.2, 0) is 0 Å². The summed E-state index contributed by atoms with van der Waals surface area (Å²) in [5, 5.41) is 13.9. The lowest BCUT2D eigenvalue weighted by Gasteiger charge is -2.10. The van der Waals surface area contributed by atoms with Crippen molar-refractivity contribution in [3.8, 4) is 5.75 Å². The molecule has 1 aromatic carbocycles. The molecule has 1 heterocycles. The summed E-state index contributed by atoms with van der Waals surface area (Å²) >= 11 is 2.28. The average Bonchev–Trinajstić information content (AvgIpc) is 2.28. The molecule has 3 nitrogen and oxygen atoms in total. The summed E-state index contributed by atoms with van der Waals surface area (Å²) in [6, 6.07) is 7.61. The zero-order valence-corrected chi connectivity index (χ0v) is 10.4. The zero-order chi connectivity index (χ0) is 10.8. The van der Waals surface area contributed by atoms with E-state index >= 15 is 0 Å². The molecule has 0 saturated heterocycles. The number of nitrogens with one attached hydrogen (secondary N) is 1. The predicted molar refractivity (Wildman–Crippen MR) is 69.2 cm³/mol. The molecule has 78 valence electrons. The average molecular weight is 314 g/mol. The first-order chi connectivity index (χ1) is 7.22. The van der Waals surface area contributed by atoms with Gasteiger partial charge in [0.05, 0.1) is 4.05 Å². The highest BCUT2D eigenvalue weighted by Gasteiger charge is 2.08. The fourth-order valence-corrected chi connectivity index (χ4v) is 1.87. The number of hydrogen-bond acceptors (Lipinski definition) is 3. The van der Waals surface area contributed by atoms with Crippen molar-refractivity contribution >= 4 is 33.5 Å². The molecule has 1 aromatic heterocycles. The maximum atomic E-state index is 9.80. The third kappa shape index (κ3) is 2.05. The third-order valence-corrected chi connectivity index (χ3v) is 3.60. The number of benzene rings is 1. The second-order valence-electron chi connectivity index (χ2n) is 3.27. The summed E-state index contributed by atoms with van der Waals surface area (Å²) in [4.78, 5) is 4.13. The highest BCUT2D eigenvalue weighted by Crippen LogP contribution is 2.29. The number of pyridine rings is 1. The standard InChI is InChI=1S/C11H11IN2O/c1-13-11(12)8-5-7-3-2-4-14-10(7)9(15)6-8/h2-6,11,13,15H,1H3. The van der Waals surface area contributed by atoms with Gasteiger partial charge in [-0.05, 0) is 30.8 Å². The van der Waals surface area contributed by atoms with Crippen molar-refractivity contribution in [1.82, 2.24) is 10.3 Å². The van der Waals surface area contributed by atoms with E-state index in [0.29, 0.717) is 5.52 Å². The molecular weight excluding hydrogens is 303 g/mol. The number of aromatic nitrogens is 1. The minimum Gasteiger partial charge on any atom is -0.506 e. The first kappa shape index (κ1) is 10.6. The molecule has 2 rings (SSSR count). The number of halogens is 1. The second-order valence-corrected chi connectivity index (χ2v) is 4.51. The Bertz CT molecular complexity index is 487. The highest BCUT2D eigenvalue weighted by molar-refractivity contribution is 14.1. The van der Waals surface area contributed by atoms with Crippen LogP contribution in [0.4, 0.5) is 0 Å². The van der Waals surface area contributed by atoms with Gasteiger partial charge in [-0.2, -0.15) is 0 Å². The zero-order valence-electron chi connectivity index (χ0n) is 8.24. The quantitative estimate of drug-likeness (QED) is 0.509. The molecule has 0 fully saturated rings. The Kier molecular flexibility index (Phi) is 3.06. The van der Waals surface area contributed by atoms with Crippen molar-refractivity contribution in [2.75, 3.05) is 7.05 Å². The molecule has 1 unspecified atom stereocenters. The minimum absolute atomic E-state index is 0.193. The Balaban J connectivity index is 2.62. The van der Waals surface area contributed by atoms with Crippen molar-refractivity contribution in [3.63, 3.8) is 0 Å².